The largest absolute Gasteiger partial charge is 0.387 e. The number of nitrogen functional groups attached to an aromatic ring is 1. The maximum Gasteiger partial charge on any atom is 0.387 e. The van der Waals surface area contributed by atoms with Crippen LogP contribution in [-0.4, -0.2) is 10.9 Å². The number of H-pyrrole nitrogens is 1. The highest BCUT2D eigenvalue weighted by Crippen LogP contribution is 2.22. The predicted octanol–water partition coefficient (Wildman–Crippen LogP) is -0.126. The van der Waals surface area contributed by atoms with Crippen molar-refractivity contribution in [2.45, 2.75) is 26.2 Å². The lowest BCUT2D eigenvalue weighted by Crippen LogP contribution is -2.28. The minimum absolute atomic E-state index is 0.256. The number of hydrogen-bond acceptors (Lipinski definition) is 3. The third-order valence-electron chi connectivity index (χ3n) is 1.83. The average Bonchev–Trinajstić information content (AvgIpc) is 2.01. The summed E-state index contributed by atoms with van der Waals surface area (Å²) < 4.78 is 0. The van der Waals surface area contributed by atoms with Crippen LogP contribution in [0.1, 0.15) is 36.8 Å². The van der Waals surface area contributed by atoms with Gasteiger partial charge < -0.3 is 5.73 Å². The molecule has 0 radical (unpaired) electrons. The van der Waals surface area contributed by atoms with Crippen molar-refractivity contribution in [2.75, 3.05) is 5.73 Å². The molecular formula is C9H15N4O+. The van der Waals surface area contributed by atoms with E-state index in [0.29, 0.717) is 11.3 Å². The van der Waals surface area contributed by atoms with Crippen molar-refractivity contribution in [3.8, 4) is 0 Å². The molecule has 1 heterocycles. The van der Waals surface area contributed by atoms with Gasteiger partial charge in [-0.1, -0.05) is 25.8 Å². The monoisotopic (exact) mass is 195 g/mol. The Kier molecular flexibility index (Phi) is 2.42. The lowest BCUT2D eigenvalue weighted by molar-refractivity contribution is -0.364. The Balaban J connectivity index is 3.38. The number of aromatic amines is 1. The fourth-order valence-electron chi connectivity index (χ4n) is 1.19. The quantitative estimate of drug-likeness (QED) is 0.653. The molecular weight excluding hydrogens is 180 g/mol. The third-order valence-corrected chi connectivity index (χ3v) is 1.83. The fourth-order valence-corrected chi connectivity index (χ4v) is 1.19. The molecule has 1 rings (SSSR count). The second-order valence-electron chi connectivity index (χ2n) is 4.16. The van der Waals surface area contributed by atoms with Crippen molar-refractivity contribution >= 4 is 11.9 Å². The van der Waals surface area contributed by atoms with Gasteiger partial charge in [-0.25, -0.2) is 4.98 Å². The summed E-state index contributed by atoms with van der Waals surface area (Å²) >= 11 is 0. The number of carbonyl (C=O) groups is 1. The van der Waals surface area contributed by atoms with Gasteiger partial charge >= 0.3 is 5.95 Å². The van der Waals surface area contributed by atoms with Crippen LogP contribution in [0.15, 0.2) is 6.20 Å². The summed E-state index contributed by atoms with van der Waals surface area (Å²) in [5.74, 6) is -0.224. The Labute approximate surface area is 82.5 Å². The van der Waals surface area contributed by atoms with Crippen molar-refractivity contribution in [1.29, 1.82) is 0 Å². The topological polar surface area (TPSA) is 96.1 Å². The number of nitrogens with two attached hydrogens (primary N) is 2. The van der Waals surface area contributed by atoms with Crippen LogP contribution in [0.3, 0.4) is 0 Å². The van der Waals surface area contributed by atoms with Gasteiger partial charge in [0.25, 0.3) is 5.91 Å². The van der Waals surface area contributed by atoms with Crippen LogP contribution in [-0.2, 0) is 5.41 Å². The normalized spacial score (nSPS) is 11.4. The van der Waals surface area contributed by atoms with Gasteiger partial charge in [-0.15, -0.1) is 0 Å². The van der Waals surface area contributed by atoms with Crippen LogP contribution in [0.25, 0.3) is 0 Å². The summed E-state index contributed by atoms with van der Waals surface area (Å²) in [5, 5.41) is 0. The van der Waals surface area contributed by atoms with Gasteiger partial charge in [0.1, 0.15) is 11.3 Å². The summed E-state index contributed by atoms with van der Waals surface area (Å²) in [6, 6.07) is 0. The Hall–Kier alpha value is -1.65. The molecule has 0 saturated heterocycles. The predicted molar refractivity (Wildman–Crippen MR) is 52.4 cm³/mol. The standard InChI is InChI=1S/C9H14N4O/c1-9(2,3)6-5(7(10)14)4-12-8(11)13-6/h4H,1-3H3,(H2,10,14)(H2,11,12,13)/p+1. The van der Waals surface area contributed by atoms with Gasteiger partial charge in [0, 0.05) is 5.41 Å². The number of nitrogens with zero attached hydrogens (tertiary/aromatic N) is 1. The maximum absolute atomic E-state index is 11.1. The van der Waals surface area contributed by atoms with E-state index in [2.05, 4.69) is 9.97 Å². The lowest BCUT2D eigenvalue weighted by atomic mass is 9.89. The van der Waals surface area contributed by atoms with E-state index in [4.69, 9.17) is 11.5 Å². The van der Waals surface area contributed by atoms with Crippen LogP contribution in [0.5, 0.6) is 0 Å². The summed E-state index contributed by atoms with van der Waals surface area (Å²) in [5.41, 5.74) is 11.5. The molecule has 5 nitrogen and oxygen atoms in total. The lowest BCUT2D eigenvalue weighted by Gasteiger charge is -2.16. The van der Waals surface area contributed by atoms with E-state index in [9.17, 15) is 4.79 Å². The first kappa shape index (κ1) is 10.4. The van der Waals surface area contributed by atoms with Crippen molar-refractivity contribution in [1.82, 2.24) is 4.98 Å². The average molecular weight is 195 g/mol. The second kappa shape index (κ2) is 3.25. The highest BCUT2D eigenvalue weighted by atomic mass is 16.1. The first-order valence-electron chi connectivity index (χ1n) is 4.31. The zero-order valence-corrected chi connectivity index (χ0v) is 8.59. The van der Waals surface area contributed by atoms with Gasteiger partial charge in [-0.2, -0.15) is 0 Å². The van der Waals surface area contributed by atoms with Crippen LogP contribution < -0.4 is 16.5 Å². The number of rotatable bonds is 1. The minimum atomic E-state index is -0.501. The van der Waals surface area contributed by atoms with Crippen molar-refractivity contribution in [2.24, 2.45) is 5.73 Å². The second-order valence-corrected chi connectivity index (χ2v) is 4.16. The van der Waals surface area contributed by atoms with Gasteiger partial charge in [0.05, 0.1) is 6.20 Å². The molecule has 0 aromatic carbocycles. The maximum atomic E-state index is 11.1. The Morgan fingerprint density at radius 2 is 2.07 bits per heavy atom. The van der Waals surface area contributed by atoms with E-state index < -0.39 is 5.91 Å². The Morgan fingerprint density at radius 3 is 2.50 bits per heavy atom. The molecule has 1 aromatic rings. The van der Waals surface area contributed by atoms with E-state index >= 15 is 0 Å². The first-order valence-corrected chi connectivity index (χ1v) is 4.31. The molecule has 14 heavy (non-hydrogen) atoms. The molecule has 5 heteroatoms. The number of carbonyl (C=O) groups excluding carboxylic acids is 1. The minimum Gasteiger partial charge on any atom is -0.365 e. The van der Waals surface area contributed by atoms with Crippen molar-refractivity contribution in [3.63, 3.8) is 0 Å². The molecule has 0 unspecified atom stereocenters. The van der Waals surface area contributed by atoms with E-state index in [1.807, 2.05) is 20.8 Å². The molecule has 0 atom stereocenters. The Morgan fingerprint density at radius 1 is 1.50 bits per heavy atom. The smallest absolute Gasteiger partial charge is 0.365 e. The number of nitrogens with one attached hydrogen (secondary N) is 1. The van der Waals surface area contributed by atoms with Gasteiger partial charge in [-0.05, 0) is 0 Å². The van der Waals surface area contributed by atoms with Gasteiger partial charge in [0.2, 0.25) is 0 Å². The van der Waals surface area contributed by atoms with Crippen molar-refractivity contribution in [3.05, 3.63) is 17.5 Å². The highest BCUT2D eigenvalue weighted by Gasteiger charge is 2.26. The number of amides is 1. The molecule has 0 aliphatic carbocycles. The molecule has 1 aromatic heterocycles. The third kappa shape index (κ3) is 1.99. The zero-order chi connectivity index (χ0) is 10.9. The number of aromatic nitrogens is 2. The molecule has 1 amide bonds. The van der Waals surface area contributed by atoms with E-state index in [0.717, 1.165) is 0 Å². The fraction of sp³-hybridized carbons (Fsp3) is 0.444. The molecule has 0 saturated carbocycles. The van der Waals surface area contributed by atoms with Crippen LogP contribution in [0.2, 0.25) is 0 Å². The molecule has 0 aliphatic rings. The highest BCUT2D eigenvalue weighted by molar-refractivity contribution is 5.93. The summed E-state index contributed by atoms with van der Waals surface area (Å²) in [6.45, 7) is 5.84. The molecule has 0 bridgehead atoms. The van der Waals surface area contributed by atoms with E-state index in [1.165, 1.54) is 6.20 Å². The SMILES string of the molecule is CC(C)(C)c1nc(N)[nH+]cc1C(N)=O. The van der Waals surface area contributed by atoms with Gasteiger partial charge in [0.15, 0.2) is 0 Å². The Bertz CT molecular complexity index is 368. The van der Waals surface area contributed by atoms with Crippen LogP contribution >= 0.6 is 0 Å². The number of hydrogen-bond donors (Lipinski definition) is 2. The molecule has 76 valence electrons. The summed E-state index contributed by atoms with van der Waals surface area (Å²) in [6.07, 6.45) is 1.49. The summed E-state index contributed by atoms with van der Waals surface area (Å²) in [7, 11) is 0. The number of primary amides is 1. The molecule has 5 N–H and O–H groups in total. The first-order chi connectivity index (χ1) is 6.32. The number of anilines is 1. The van der Waals surface area contributed by atoms with E-state index in [-0.39, 0.29) is 11.4 Å². The molecule has 0 spiro atoms. The van der Waals surface area contributed by atoms with Crippen molar-refractivity contribution < 1.29 is 9.78 Å². The van der Waals surface area contributed by atoms with Gasteiger partial charge in [-0.3, -0.25) is 10.5 Å². The van der Waals surface area contributed by atoms with Crippen LogP contribution in [0, 0.1) is 0 Å². The zero-order valence-electron chi connectivity index (χ0n) is 8.59. The summed E-state index contributed by atoms with van der Waals surface area (Å²) in [4.78, 5) is 17.8. The molecule has 0 fully saturated rings. The van der Waals surface area contributed by atoms with E-state index in [1.54, 1.807) is 0 Å². The van der Waals surface area contributed by atoms with Crippen LogP contribution in [0.4, 0.5) is 5.95 Å². The molecule has 0 aliphatic heterocycles.